The monoisotopic (exact) mass is 309 g/mol. The summed E-state index contributed by atoms with van der Waals surface area (Å²) in [5.74, 6) is -0.176. The zero-order chi connectivity index (χ0) is 16.3. The van der Waals surface area contributed by atoms with Crippen molar-refractivity contribution in [3.63, 3.8) is 0 Å². The lowest BCUT2D eigenvalue weighted by Crippen LogP contribution is -2.43. The van der Waals surface area contributed by atoms with E-state index in [4.69, 9.17) is 0 Å². The van der Waals surface area contributed by atoms with Crippen molar-refractivity contribution in [2.45, 2.75) is 25.3 Å². The zero-order valence-corrected chi connectivity index (χ0v) is 13.0. The summed E-state index contributed by atoms with van der Waals surface area (Å²) in [6.45, 7) is 2.28. The molecule has 0 bridgehead atoms. The predicted molar refractivity (Wildman–Crippen MR) is 86.6 cm³/mol. The van der Waals surface area contributed by atoms with E-state index in [1.807, 2.05) is 49.4 Å². The summed E-state index contributed by atoms with van der Waals surface area (Å²) in [5, 5.41) is 2.89. The maximum atomic E-state index is 12.9. The molecule has 1 atom stereocenters. The van der Waals surface area contributed by atoms with E-state index < -0.39 is 5.54 Å². The summed E-state index contributed by atoms with van der Waals surface area (Å²) in [6.07, 6.45) is 4.56. The fourth-order valence-corrected chi connectivity index (χ4v) is 2.98. The van der Waals surface area contributed by atoms with Gasteiger partial charge in [0.25, 0.3) is 5.91 Å². The summed E-state index contributed by atoms with van der Waals surface area (Å²) < 4.78 is 0. The molecule has 3 rings (SSSR count). The Bertz CT molecular complexity index is 703. The first-order chi connectivity index (χ1) is 11.2. The molecule has 1 unspecified atom stereocenters. The van der Waals surface area contributed by atoms with Gasteiger partial charge in [0.1, 0.15) is 5.54 Å². The van der Waals surface area contributed by atoms with Crippen LogP contribution in [0.25, 0.3) is 0 Å². The molecule has 118 valence electrons. The van der Waals surface area contributed by atoms with Crippen LogP contribution < -0.4 is 5.32 Å². The lowest BCUT2D eigenvalue weighted by molar-refractivity contribution is -0.131. The van der Waals surface area contributed by atoms with Crippen LogP contribution in [0, 0.1) is 0 Å². The van der Waals surface area contributed by atoms with Crippen molar-refractivity contribution < 1.29 is 9.59 Å². The molecule has 0 saturated carbocycles. The highest BCUT2D eigenvalue weighted by atomic mass is 16.2. The van der Waals surface area contributed by atoms with Crippen LogP contribution in [0.4, 0.5) is 4.79 Å². The Labute approximate surface area is 135 Å². The van der Waals surface area contributed by atoms with Crippen molar-refractivity contribution in [2.75, 3.05) is 6.54 Å². The number of amides is 3. The number of nitrogens with one attached hydrogen (secondary N) is 1. The fraction of sp³-hybridized carbons (Fsp3) is 0.278. The van der Waals surface area contributed by atoms with Gasteiger partial charge < -0.3 is 5.32 Å². The van der Waals surface area contributed by atoms with Gasteiger partial charge in [-0.05, 0) is 36.1 Å². The molecule has 1 aliphatic heterocycles. The molecule has 23 heavy (non-hydrogen) atoms. The average Bonchev–Trinajstić information content (AvgIpc) is 2.86. The van der Waals surface area contributed by atoms with Crippen LogP contribution >= 0.6 is 0 Å². The molecule has 2 aromatic rings. The highest BCUT2D eigenvalue weighted by Crippen LogP contribution is 2.32. The van der Waals surface area contributed by atoms with Gasteiger partial charge in [0.2, 0.25) is 0 Å². The molecule has 1 aliphatic rings. The highest BCUT2D eigenvalue weighted by molar-refractivity contribution is 6.07. The second kappa shape index (κ2) is 6.20. The maximum Gasteiger partial charge on any atom is 0.325 e. The molecule has 1 fully saturated rings. The van der Waals surface area contributed by atoms with Gasteiger partial charge >= 0.3 is 6.03 Å². The minimum Gasteiger partial charge on any atom is -0.319 e. The summed E-state index contributed by atoms with van der Waals surface area (Å²) >= 11 is 0. The molecule has 0 aliphatic carbocycles. The number of nitrogens with zero attached hydrogens (tertiary/aromatic N) is 2. The first kappa shape index (κ1) is 15.2. The minimum atomic E-state index is -0.948. The van der Waals surface area contributed by atoms with E-state index in [2.05, 4.69) is 10.3 Å². The molecule has 5 heteroatoms. The van der Waals surface area contributed by atoms with Gasteiger partial charge in [-0.15, -0.1) is 0 Å². The lowest BCUT2D eigenvalue weighted by atomic mass is 9.87. The number of aromatic nitrogens is 1. The Morgan fingerprint density at radius 2 is 1.78 bits per heavy atom. The second-order valence-electron chi connectivity index (χ2n) is 5.62. The molecule has 5 nitrogen and oxygen atoms in total. The van der Waals surface area contributed by atoms with Crippen LogP contribution in [0.1, 0.15) is 24.5 Å². The summed E-state index contributed by atoms with van der Waals surface area (Å²) in [4.78, 5) is 30.5. The number of urea groups is 1. The Morgan fingerprint density at radius 3 is 2.43 bits per heavy atom. The van der Waals surface area contributed by atoms with E-state index in [1.165, 1.54) is 4.90 Å². The number of hydrogen-bond donors (Lipinski definition) is 1. The Hall–Kier alpha value is -2.69. The van der Waals surface area contributed by atoms with E-state index in [1.54, 1.807) is 12.4 Å². The van der Waals surface area contributed by atoms with Crippen molar-refractivity contribution in [1.29, 1.82) is 0 Å². The van der Waals surface area contributed by atoms with Crippen LogP contribution in [0.5, 0.6) is 0 Å². The number of carbonyl (C=O) groups excluding carboxylic acids is 2. The lowest BCUT2D eigenvalue weighted by Gasteiger charge is -2.25. The van der Waals surface area contributed by atoms with Gasteiger partial charge in [-0.25, -0.2) is 4.79 Å². The first-order valence-electron chi connectivity index (χ1n) is 7.76. The van der Waals surface area contributed by atoms with Crippen molar-refractivity contribution in [2.24, 2.45) is 0 Å². The molecule has 1 N–H and O–H groups in total. The molecular weight excluding hydrogens is 290 g/mol. The van der Waals surface area contributed by atoms with Crippen LogP contribution in [0.2, 0.25) is 0 Å². The first-order valence-corrected chi connectivity index (χ1v) is 7.76. The third-order valence-corrected chi connectivity index (χ3v) is 4.35. The van der Waals surface area contributed by atoms with E-state index in [-0.39, 0.29) is 11.9 Å². The van der Waals surface area contributed by atoms with E-state index in [0.29, 0.717) is 19.4 Å². The summed E-state index contributed by atoms with van der Waals surface area (Å²) in [5.41, 5.74) is 0.929. The SMILES string of the molecule is CCC1(c2ccccc2)NC(=O)N(CCc2ccncc2)C1=O. The molecule has 1 aromatic heterocycles. The number of hydrogen-bond acceptors (Lipinski definition) is 3. The van der Waals surface area contributed by atoms with Crippen molar-refractivity contribution in [3.05, 3.63) is 66.0 Å². The standard InChI is InChI=1S/C18H19N3O2/c1-2-18(15-6-4-3-5-7-15)16(22)21(17(23)20-18)13-10-14-8-11-19-12-9-14/h3-9,11-12H,2,10,13H2,1H3,(H,20,23). The van der Waals surface area contributed by atoms with Gasteiger partial charge in [0.15, 0.2) is 0 Å². The molecule has 0 spiro atoms. The normalized spacial score (nSPS) is 20.7. The number of imide groups is 1. The number of pyridine rings is 1. The van der Waals surface area contributed by atoms with Gasteiger partial charge in [0.05, 0.1) is 0 Å². The van der Waals surface area contributed by atoms with Crippen LogP contribution in [-0.2, 0) is 16.8 Å². The van der Waals surface area contributed by atoms with Gasteiger partial charge in [0, 0.05) is 18.9 Å². The molecule has 3 amide bonds. The third-order valence-electron chi connectivity index (χ3n) is 4.35. The van der Waals surface area contributed by atoms with Crippen molar-refractivity contribution >= 4 is 11.9 Å². The predicted octanol–water partition coefficient (Wildman–Crippen LogP) is 2.48. The second-order valence-corrected chi connectivity index (χ2v) is 5.62. The van der Waals surface area contributed by atoms with Gasteiger partial charge in [-0.2, -0.15) is 0 Å². The van der Waals surface area contributed by atoms with Crippen molar-refractivity contribution in [1.82, 2.24) is 15.2 Å². The Kier molecular flexibility index (Phi) is 4.10. The van der Waals surface area contributed by atoms with Crippen molar-refractivity contribution in [3.8, 4) is 0 Å². The Balaban J connectivity index is 1.81. The molecule has 1 saturated heterocycles. The maximum absolute atomic E-state index is 12.9. The smallest absolute Gasteiger partial charge is 0.319 e. The van der Waals surface area contributed by atoms with Gasteiger partial charge in [-0.3, -0.25) is 14.7 Å². The number of benzene rings is 1. The zero-order valence-electron chi connectivity index (χ0n) is 13.0. The Morgan fingerprint density at radius 1 is 1.09 bits per heavy atom. The van der Waals surface area contributed by atoms with Gasteiger partial charge in [-0.1, -0.05) is 37.3 Å². The summed E-state index contributed by atoms with van der Waals surface area (Å²) in [7, 11) is 0. The number of rotatable bonds is 5. The largest absolute Gasteiger partial charge is 0.325 e. The number of carbonyl (C=O) groups is 2. The minimum absolute atomic E-state index is 0.176. The quantitative estimate of drug-likeness (QED) is 0.863. The van der Waals surface area contributed by atoms with E-state index in [0.717, 1.165) is 11.1 Å². The molecule has 1 aromatic carbocycles. The molecule has 0 radical (unpaired) electrons. The van der Waals surface area contributed by atoms with Crippen LogP contribution in [-0.4, -0.2) is 28.4 Å². The molecular formula is C18H19N3O2. The third kappa shape index (κ3) is 2.70. The van der Waals surface area contributed by atoms with Crippen LogP contribution in [0.3, 0.4) is 0 Å². The van der Waals surface area contributed by atoms with E-state index in [9.17, 15) is 9.59 Å². The average molecular weight is 309 g/mol. The van der Waals surface area contributed by atoms with E-state index >= 15 is 0 Å². The van der Waals surface area contributed by atoms with Crippen LogP contribution in [0.15, 0.2) is 54.9 Å². The highest BCUT2D eigenvalue weighted by Gasteiger charge is 2.50. The summed E-state index contributed by atoms with van der Waals surface area (Å²) in [6, 6.07) is 12.9. The topological polar surface area (TPSA) is 62.3 Å². The fourth-order valence-electron chi connectivity index (χ4n) is 2.98. The molecule has 2 heterocycles.